The molecule has 4 aromatic carbocycles. The predicted molar refractivity (Wildman–Crippen MR) is 236 cm³/mol. The topological polar surface area (TPSA) is 217 Å². The first-order valence-electron chi connectivity index (χ1n) is 21.0. The average Bonchev–Trinajstić information content (AvgIpc) is 3.26. The summed E-state index contributed by atoms with van der Waals surface area (Å²) in [7, 11) is 0. The van der Waals surface area contributed by atoms with E-state index < -0.39 is 24.3 Å². The minimum absolute atomic E-state index is 0.0329. The maximum atomic E-state index is 12.6. The van der Waals surface area contributed by atoms with Gasteiger partial charge in [0.2, 0.25) is 0 Å². The summed E-state index contributed by atoms with van der Waals surface area (Å²) in [6.45, 7) is 4.09. The third-order valence-corrected chi connectivity index (χ3v) is 9.72. The summed E-state index contributed by atoms with van der Waals surface area (Å²) in [6, 6.07) is 30.0. The van der Waals surface area contributed by atoms with Gasteiger partial charge in [-0.15, -0.1) is 0 Å². The fraction of sp³-hybridized carbons (Fsp3) is 0.404. The van der Waals surface area contributed by atoms with E-state index in [2.05, 4.69) is 10.6 Å². The number of amides is 2. The number of hydrogen-bond donors (Lipinski definition) is 6. The van der Waals surface area contributed by atoms with Gasteiger partial charge in [0.05, 0.1) is 39.3 Å². The van der Waals surface area contributed by atoms with Crippen LogP contribution in [0.1, 0.15) is 40.3 Å². The molecule has 0 saturated heterocycles. The van der Waals surface area contributed by atoms with Crippen LogP contribution in [0.5, 0.6) is 0 Å². The molecule has 2 amide bonds. The highest BCUT2D eigenvalue weighted by Gasteiger charge is 2.14. The van der Waals surface area contributed by atoms with E-state index in [4.69, 9.17) is 39.4 Å². The maximum Gasteiger partial charge on any atom is 0.412 e. The second-order valence-corrected chi connectivity index (χ2v) is 14.8. The van der Waals surface area contributed by atoms with Crippen LogP contribution in [0.25, 0.3) is 0 Å². The summed E-state index contributed by atoms with van der Waals surface area (Å²) in [6.07, 6.45) is -0.469. The Morgan fingerprint density at radius 1 is 0.476 bits per heavy atom. The van der Waals surface area contributed by atoms with Crippen LogP contribution in [-0.4, -0.2) is 146 Å². The molecule has 0 spiro atoms. The van der Waals surface area contributed by atoms with Crippen LogP contribution in [0, 0.1) is 0 Å². The normalized spacial score (nSPS) is 11.5. The highest BCUT2D eigenvalue weighted by Crippen LogP contribution is 2.18. The molecule has 4 rings (SSSR count). The summed E-state index contributed by atoms with van der Waals surface area (Å²) >= 11 is 0. The Bertz CT molecular complexity index is 1950. The third-order valence-electron chi connectivity index (χ3n) is 9.72. The van der Waals surface area contributed by atoms with Crippen LogP contribution in [0.3, 0.4) is 0 Å². The number of rotatable bonds is 27. The lowest BCUT2D eigenvalue weighted by atomic mass is 10.0. The van der Waals surface area contributed by atoms with Gasteiger partial charge >= 0.3 is 24.1 Å². The Balaban J connectivity index is 1.09. The molecule has 0 aromatic heterocycles. The highest BCUT2D eigenvalue weighted by molar-refractivity contribution is 5.85. The van der Waals surface area contributed by atoms with E-state index in [0.717, 1.165) is 33.4 Å². The van der Waals surface area contributed by atoms with Gasteiger partial charge in [0, 0.05) is 50.6 Å². The lowest BCUT2D eigenvalue weighted by Gasteiger charge is -2.19. The van der Waals surface area contributed by atoms with Crippen LogP contribution in [0.2, 0.25) is 0 Å². The van der Waals surface area contributed by atoms with Gasteiger partial charge in [-0.1, -0.05) is 72.8 Å². The molecule has 0 fully saturated rings. The largest absolute Gasteiger partial charge is 0.464 e. The molecular weight excluding hydrogens is 813 g/mol. The molecule has 0 heterocycles. The Kier molecular flexibility index (Phi) is 22.1. The molecule has 0 radical (unpaired) electrons. The van der Waals surface area contributed by atoms with Gasteiger partial charge in [0.1, 0.15) is 25.9 Å². The summed E-state index contributed by atoms with van der Waals surface area (Å²) < 4.78 is 21.3. The molecule has 6 N–H and O–H groups in total. The number of nitrogens with zero attached hydrogens (tertiary/aromatic N) is 2. The van der Waals surface area contributed by atoms with E-state index in [9.17, 15) is 19.2 Å². The molecule has 1 unspecified atom stereocenters. The molecule has 0 aliphatic rings. The van der Waals surface area contributed by atoms with Crippen molar-refractivity contribution in [3.8, 4) is 0 Å². The Morgan fingerprint density at radius 2 is 0.825 bits per heavy atom. The van der Waals surface area contributed by atoms with Crippen molar-refractivity contribution in [2.45, 2.75) is 38.7 Å². The van der Waals surface area contributed by atoms with Crippen molar-refractivity contribution >= 4 is 35.5 Å². The van der Waals surface area contributed by atoms with Crippen molar-refractivity contribution in [2.75, 3.05) is 96.2 Å². The van der Waals surface area contributed by atoms with Crippen molar-refractivity contribution in [3.63, 3.8) is 0 Å². The van der Waals surface area contributed by atoms with Crippen molar-refractivity contribution in [1.82, 2.24) is 9.80 Å². The number of aliphatic hydroxyl groups excluding tert-OH is 4. The van der Waals surface area contributed by atoms with Crippen molar-refractivity contribution in [3.05, 3.63) is 130 Å². The van der Waals surface area contributed by atoms with Crippen molar-refractivity contribution in [2.24, 2.45) is 0 Å². The van der Waals surface area contributed by atoms with E-state index in [0.29, 0.717) is 63.5 Å². The number of nitrogens with one attached hydrogen (secondary N) is 2. The van der Waals surface area contributed by atoms with E-state index in [1.807, 2.05) is 77.7 Å². The standard InChI is InChI=1S/C47H60N4O12/c1-35(63-47(59)49-43-16-12-39(13-17-43)31-38-10-14-42(15-11-38)48-46(58)61-29-23-51(20-26-54)21-27-55)34-62-45(57)33-41-8-4-37(5-9-41)30-36-2-6-40(7-3-36)32-44(56)60-28-22-50(18-24-52)19-25-53/h2-17,35,52-55H,18-34H2,1H3,(H,48,58)(H,49,59). The Hall–Kier alpha value is -5.88. The second-order valence-electron chi connectivity index (χ2n) is 14.8. The fourth-order valence-electron chi connectivity index (χ4n) is 6.39. The van der Waals surface area contributed by atoms with Crippen LogP contribution < -0.4 is 10.6 Å². The fourth-order valence-corrected chi connectivity index (χ4v) is 6.39. The number of hydrogen-bond acceptors (Lipinski definition) is 14. The minimum Gasteiger partial charge on any atom is -0.464 e. The first-order chi connectivity index (χ1) is 30.5. The first kappa shape index (κ1) is 49.8. The van der Waals surface area contributed by atoms with Gasteiger partial charge in [-0.05, 0) is 77.4 Å². The van der Waals surface area contributed by atoms with E-state index in [1.54, 1.807) is 36.1 Å². The molecule has 16 heteroatoms. The molecule has 340 valence electrons. The lowest BCUT2D eigenvalue weighted by Crippen LogP contribution is -2.33. The van der Waals surface area contributed by atoms with Gasteiger partial charge < -0.3 is 39.4 Å². The highest BCUT2D eigenvalue weighted by atomic mass is 16.6. The molecule has 1 atom stereocenters. The zero-order chi connectivity index (χ0) is 45.2. The lowest BCUT2D eigenvalue weighted by molar-refractivity contribution is -0.145. The Labute approximate surface area is 368 Å². The number of benzene rings is 4. The number of esters is 2. The van der Waals surface area contributed by atoms with Crippen LogP contribution in [0.4, 0.5) is 21.0 Å². The number of aliphatic hydroxyl groups is 4. The van der Waals surface area contributed by atoms with Crippen molar-refractivity contribution in [1.29, 1.82) is 0 Å². The molecule has 4 aromatic rings. The van der Waals surface area contributed by atoms with Gasteiger partial charge in [-0.3, -0.25) is 30.0 Å². The predicted octanol–water partition coefficient (Wildman–Crippen LogP) is 3.80. The molecule has 63 heavy (non-hydrogen) atoms. The summed E-state index contributed by atoms with van der Waals surface area (Å²) in [5, 5.41) is 41.8. The Morgan fingerprint density at radius 3 is 1.24 bits per heavy atom. The molecule has 0 aliphatic heterocycles. The summed E-state index contributed by atoms with van der Waals surface area (Å²) in [5.41, 5.74) is 6.84. The molecule has 0 aliphatic carbocycles. The van der Waals surface area contributed by atoms with Crippen molar-refractivity contribution < 1.29 is 58.6 Å². The van der Waals surface area contributed by atoms with Gasteiger partial charge in [0.25, 0.3) is 0 Å². The molecule has 0 bridgehead atoms. The summed E-state index contributed by atoms with van der Waals surface area (Å²) in [5.74, 6) is -0.790. The average molecular weight is 873 g/mol. The SMILES string of the molecule is CC(COC(=O)Cc1ccc(Cc2ccc(CC(=O)OCCN(CCO)CCO)cc2)cc1)OC(=O)Nc1ccc(Cc2ccc(NC(=O)OCCN(CCO)CCO)cc2)cc1. The number of anilines is 2. The molecular formula is C47H60N4O12. The van der Waals surface area contributed by atoms with Crippen LogP contribution >= 0.6 is 0 Å². The summed E-state index contributed by atoms with van der Waals surface area (Å²) in [4.78, 5) is 53.1. The third kappa shape index (κ3) is 19.8. The van der Waals surface area contributed by atoms with Crippen LogP contribution in [0.15, 0.2) is 97.1 Å². The monoisotopic (exact) mass is 872 g/mol. The number of ether oxygens (including phenoxy) is 4. The number of carbonyl (C=O) groups excluding carboxylic acids is 4. The van der Waals surface area contributed by atoms with Gasteiger partial charge in [0.15, 0.2) is 0 Å². The molecule has 16 nitrogen and oxygen atoms in total. The minimum atomic E-state index is -0.684. The molecule has 0 saturated carbocycles. The zero-order valence-corrected chi connectivity index (χ0v) is 35.8. The van der Waals surface area contributed by atoms with Crippen LogP contribution in [-0.2, 0) is 54.2 Å². The van der Waals surface area contributed by atoms with E-state index in [1.165, 1.54) is 0 Å². The first-order valence-corrected chi connectivity index (χ1v) is 21.0. The quantitative estimate of drug-likeness (QED) is 0.0372. The zero-order valence-electron chi connectivity index (χ0n) is 35.8. The smallest absolute Gasteiger partial charge is 0.412 e. The number of carbonyl (C=O) groups is 4. The second kappa shape index (κ2) is 27.9. The van der Waals surface area contributed by atoms with E-state index in [-0.39, 0.29) is 65.1 Å². The maximum absolute atomic E-state index is 12.6. The van der Waals surface area contributed by atoms with Gasteiger partial charge in [-0.2, -0.15) is 0 Å². The van der Waals surface area contributed by atoms with E-state index >= 15 is 0 Å². The van der Waals surface area contributed by atoms with Gasteiger partial charge in [-0.25, -0.2) is 9.59 Å².